The van der Waals surface area contributed by atoms with E-state index in [-0.39, 0.29) is 0 Å². The molecule has 0 saturated carbocycles. The molecular formula is C21H20N4O. The van der Waals surface area contributed by atoms with Gasteiger partial charge < -0.3 is 21.5 Å². The van der Waals surface area contributed by atoms with Crippen LogP contribution in [-0.2, 0) is 0 Å². The number of ether oxygens (including phenoxy) is 1. The summed E-state index contributed by atoms with van der Waals surface area (Å²) in [6, 6.07) is 18.6. The Morgan fingerprint density at radius 3 is 2.19 bits per heavy atom. The van der Waals surface area contributed by atoms with Crippen LogP contribution in [0.15, 0.2) is 54.6 Å². The molecule has 0 unspecified atom stereocenters. The fraction of sp³-hybridized carbons (Fsp3) is 0.0952. The van der Waals surface area contributed by atoms with Crippen LogP contribution < -0.4 is 21.5 Å². The zero-order valence-corrected chi connectivity index (χ0v) is 14.7. The van der Waals surface area contributed by atoms with Crippen LogP contribution in [0.1, 0.15) is 16.7 Å². The maximum Gasteiger partial charge on any atom is 0.152 e. The minimum Gasteiger partial charge on any atom is -0.455 e. The van der Waals surface area contributed by atoms with Gasteiger partial charge in [-0.2, -0.15) is 5.26 Å². The molecular weight excluding hydrogens is 324 g/mol. The van der Waals surface area contributed by atoms with E-state index in [9.17, 15) is 0 Å². The molecule has 0 radical (unpaired) electrons. The van der Waals surface area contributed by atoms with Crippen LogP contribution in [-0.4, -0.2) is 0 Å². The Bertz CT molecular complexity index is 968. The lowest BCUT2D eigenvalue weighted by atomic mass is 10.1. The fourth-order valence-corrected chi connectivity index (χ4v) is 2.66. The van der Waals surface area contributed by atoms with E-state index in [1.165, 1.54) is 0 Å². The Hall–Kier alpha value is -3.65. The number of nitrogens with one attached hydrogen (secondary N) is 1. The standard InChI is InChI=1S/C21H20N4O/c1-13-4-3-5-14(2)21(13)26-20-11-19(17(23)10-18(20)24)25-16-8-6-15(12-22)7-9-16/h3-11,25H,23-24H2,1-2H3. The van der Waals surface area contributed by atoms with Crippen LogP contribution in [0.5, 0.6) is 11.5 Å². The molecule has 0 aromatic heterocycles. The summed E-state index contributed by atoms with van der Waals surface area (Å²) in [6.45, 7) is 3.98. The van der Waals surface area contributed by atoms with Crippen LogP contribution in [0.3, 0.4) is 0 Å². The molecule has 3 aromatic carbocycles. The zero-order valence-electron chi connectivity index (χ0n) is 14.7. The molecule has 0 aliphatic heterocycles. The average molecular weight is 344 g/mol. The quantitative estimate of drug-likeness (QED) is 0.586. The van der Waals surface area contributed by atoms with Crippen LogP contribution in [0, 0.1) is 25.2 Å². The third kappa shape index (κ3) is 3.55. The van der Waals surface area contributed by atoms with E-state index in [2.05, 4.69) is 11.4 Å². The Balaban J connectivity index is 1.93. The second-order valence-electron chi connectivity index (χ2n) is 6.11. The van der Waals surface area contributed by atoms with E-state index in [1.54, 1.807) is 24.3 Å². The van der Waals surface area contributed by atoms with Crippen molar-refractivity contribution in [2.24, 2.45) is 0 Å². The van der Waals surface area contributed by atoms with Gasteiger partial charge in [0, 0.05) is 11.8 Å². The highest BCUT2D eigenvalue weighted by molar-refractivity contribution is 5.79. The van der Waals surface area contributed by atoms with Gasteiger partial charge in [-0.05, 0) is 55.3 Å². The number of benzene rings is 3. The molecule has 26 heavy (non-hydrogen) atoms. The number of anilines is 4. The molecule has 0 fully saturated rings. The molecule has 0 saturated heterocycles. The summed E-state index contributed by atoms with van der Waals surface area (Å²) in [5.74, 6) is 1.32. The number of para-hydroxylation sites is 1. The van der Waals surface area contributed by atoms with E-state index in [0.29, 0.717) is 28.4 Å². The maximum absolute atomic E-state index is 8.89. The summed E-state index contributed by atoms with van der Waals surface area (Å²) >= 11 is 0. The van der Waals surface area contributed by atoms with Crippen molar-refractivity contribution in [3.63, 3.8) is 0 Å². The van der Waals surface area contributed by atoms with Gasteiger partial charge in [0.25, 0.3) is 0 Å². The first-order valence-corrected chi connectivity index (χ1v) is 8.18. The van der Waals surface area contributed by atoms with Crippen LogP contribution in [0.25, 0.3) is 0 Å². The summed E-state index contributed by atoms with van der Waals surface area (Å²) in [4.78, 5) is 0. The molecule has 0 aliphatic carbocycles. The van der Waals surface area contributed by atoms with Crippen molar-refractivity contribution < 1.29 is 4.74 Å². The van der Waals surface area contributed by atoms with Gasteiger partial charge in [0.2, 0.25) is 0 Å². The lowest BCUT2D eigenvalue weighted by Crippen LogP contribution is -2.01. The lowest BCUT2D eigenvalue weighted by Gasteiger charge is -2.16. The highest BCUT2D eigenvalue weighted by Crippen LogP contribution is 2.37. The summed E-state index contributed by atoms with van der Waals surface area (Å²) in [5, 5.41) is 12.1. The maximum atomic E-state index is 8.89. The summed E-state index contributed by atoms with van der Waals surface area (Å²) in [7, 11) is 0. The molecule has 0 amide bonds. The molecule has 5 nitrogen and oxygen atoms in total. The van der Waals surface area contributed by atoms with Gasteiger partial charge in [0.15, 0.2) is 5.75 Å². The molecule has 130 valence electrons. The number of nitrogens with two attached hydrogens (primary N) is 2. The second kappa shape index (κ2) is 7.08. The van der Waals surface area contributed by atoms with Crippen molar-refractivity contribution in [1.82, 2.24) is 0 Å². The van der Waals surface area contributed by atoms with Crippen molar-refractivity contribution >= 4 is 22.7 Å². The van der Waals surface area contributed by atoms with E-state index in [1.807, 2.05) is 44.2 Å². The van der Waals surface area contributed by atoms with Gasteiger partial charge in [-0.15, -0.1) is 0 Å². The number of hydrogen-bond acceptors (Lipinski definition) is 5. The molecule has 3 aromatic rings. The van der Waals surface area contributed by atoms with E-state index in [4.69, 9.17) is 21.5 Å². The summed E-state index contributed by atoms with van der Waals surface area (Å²) < 4.78 is 6.08. The highest BCUT2D eigenvalue weighted by atomic mass is 16.5. The number of hydrogen-bond donors (Lipinski definition) is 3. The third-order valence-corrected chi connectivity index (χ3v) is 4.10. The first-order valence-electron chi connectivity index (χ1n) is 8.18. The van der Waals surface area contributed by atoms with E-state index >= 15 is 0 Å². The number of nitrogen functional groups attached to an aromatic ring is 2. The summed E-state index contributed by atoms with van der Waals surface area (Å²) in [5.41, 5.74) is 17.3. The third-order valence-electron chi connectivity index (χ3n) is 4.10. The number of aryl methyl sites for hydroxylation is 2. The first-order chi connectivity index (χ1) is 12.5. The predicted octanol–water partition coefficient (Wildman–Crippen LogP) is 4.88. The Morgan fingerprint density at radius 1 is 0.923 bits per heavy atom. The lowest BCUT2D eigenvalue weighted by molar-refractivity contribution is 0.478. The number of nitriles is 1. The van der Waals surface area contributed by atoms with Gasteiger partial charge in [0.1, 0.15) is 5.75 Å². The second-order valence-corrected chi connectivity index (χ2v) is 6.11. The van der Waals surface area contributed by atoms with Crippen LogP contribution in [0.4, 0.5) is 22.7 Å². The van der Waals surface area contributed by atoms with Crippen molar-refractivity contribution in [2.75, 3.05) is 16.8 Å². The van der Waals surface area contributed by atoms with Gasteiger partial charge in [0.05, 0.1) is 28.7 Å². The topological polar surface area (TPSA) is 97.1 Å². The molecule has 0 bridgehead atoms. The average Bonchev–Trinajstić information content (AvgIpc) is 2.62. The molecule has 0 atom stereocenters. The SMILES string of the molecule is Cc1cccc(C)c1Oc1cc(Nc2ccc(C#N)cc2)c(N)cc1N. The molecule has 5 N–H and O–H groups in total. The Labute approximate surface area is 152 Å². The monoisotopic (exact) mass is 344 g/mol. The van der Waals surface area contributed by atoms with Crippen molar-refractivity contribution in [1.29, 1.82) is 5.26 Å². The smallest absolute Gasteiger partial charge is 0.152 e. The van der Waals surface area contributed by atoms with Gasteiger partial charge in [-0.3, -0.25) is 0 Å². The number of rotatable bonds is 4. The largest absolute Gasteiger partial charge is 0.455 e. The molecule has 0 aliphatic rings. The van der Waals surface area contributed by atoms with Crippen molar-refractivity contribution in [3.8, 4) is 17.6 Å². The fourth-order valence-electron chi connectivity index (χ4n) is 2.66. The van der Waals surface area contributed by atoms with Gasteiger partial charge in [-0.25, -0.2) is 0 Å². The zero-order chi connectivity index (χ0) is 18.7. The Morgan fingerprint density at radius 2 is 1.58 bits per heavy atom. The highest BCUT2D eigenvalue weighted by Gasteiger charge is 2.11. The molecule has 5 heteroatoms. The normalized spacial score (nSPS) is 10.2. The van der Waals surface area contributed by atoms with Crippen LogP contribution >= 0.6 is 0 Å². The van der Waals surface area contributed by atoms with Crippen molar-refractivity contribution in [2.45, 2.75) is 13.8 Å². The van der Waals surface area contributed by atoms with Gasteiger partial charge in [-0.1, -0.05) is 18.2 Å². The minimum atomic E-state index is 0.468. The molecule has 0 heterocycles. The number of nitrogens with zero attached hydrogens (tertiary/aromatic N) is 1. The van der Waals surface area contributed by atoms with E-state index < -0.39 is 0 Å². The minimum absolute atomic E-state index is 0.468. The summed E-state index contributed by atoms with van der Waals surface area (Å²) in [6.07, 6.45) is 0. The van der Waals surface area contributed by atoms with Crippen LogP contribution in [0.2, 0.25) is 0 Å². The van der Waals surface area contributed by atoms with Crippen molar-refractivity contribution in [3.05, 3.63) is 71.3 Å². The molecule has 0 spiro atoms. The Kier molecular flexibility index (Phi) is 4.68. The van der Waals surface area contributed by atoms with Gasteiger partial charge >= 0.3 is 0 Å². The molecule has 3 rings (SSSR count). The predicted molar refractivity (Wildman–Crippen MR) is 106 cm³/mol. The van der Waals surface area contributed by atoms with E-state index in [0.717, 1.165) is 22.6 Å². The first kappa shape index (κ1) is 17.2.